The average Bonchev–Trinajstić information content (AvgIpc) is 3.62. The van der Waals surface area contributed by atoms with Crippen LogP contribution in [0.3, 0.4) is 0 Å². The predicted molar refractivity (Wildman–Crippen MR) is 229 cm³/mol. The highest BCUT2D eigenvalue weighted by Gasteiger charge is 2.21. The van der Waals surface area contributed by atoms with Crippen molar-refractivity contribution in [2.24, 2.45) is 0 Å². The minimum absolute atomic E-state index is 1.16. The average molecular weight is 670 g/mol. The summed E-state index contributed by atoms with van der Waals surface area (Å²) in [6.07, 6.45) is 0. The van der Waals surface area contributed by atoms with Gasteiger partial charge in [0.05, 0.1) is 5.52 Å². The summed E-state index contributed by atoms with van der Waals surface area (Å²) in [5, 5.41) is 20.4. The summed E-state index contributed by atoms with van der Waals surface area (Å²) in [5.41, 5.74) is 7.40. The third-order valence-corrected chi connectivity index (χ3v) is 11.7. The number of aromatic amines is 1. The van der Waals surface area contributed by atoms with E-state index >= 15 is 0 Å². The van der Waals surface area contributed by atoms with Crippen LogP contribution in [0.4, 0.5) is 0 Å². The number of fused-ring (bicyclic) bond motifs is 15. The molecule has 0 aliphatic heterocycles. The lowest BCUT2D eigenvalue weighted by atomic mass is 9.83. The Bertz CT molecular complexity index is 3450. The summed E-state index contributed by atoms with van der Waals surface area (Å²) in [4.78, 5) is 3.91. The van der Waals surface area contributed by atoms with Crippen LogP contribution < -0.4 is 0 Å². The topological polar surface area (TPSA) is 15.8 Å². The van der Waals surface area contributed by atoms with E-state index in [1.807, 2.05) is 0 Å². The van der Waals surface area contributed by atoms with Crippen molar-refractivity contribution in [2.45, 2.75) is 0 Å². The Kier molecular flexibility index (Phi) is 5.84. The van der Waals surface area contributed by atoms with Gasteiger partial charge in [0, 0.05) is 21.7 Å². The summed E-state index contributed by atoms with van der Waals surface area (Å²) in [5.74, 6) is 0. The number of rotatable bonds is 2. The van der Waals surface area contributed by atoms with Crippen LogP contribution >= 0.6 is 0 Å². The summed E-state index contributed by atoms with van der Waals surface area (Å²) in [7, 11) is 0. The van der Waals surface area contributed by atoms with E-state index in [1.54, 1.807) is 0 Å². The molecule has 0 saturated carbocycles. The molecule has 0 aliphatic rings. The van der Waals surface area contributed by atoms with Crippen molar-refractivity contribution in [3.63, 3.8) is 0 Å². The van der Waals surface area contributed by atoms with Crippen LogP contribution in [0.1, 0.15) is 0 Å². The van der Waals surface area contributed by atoms with Gasteiger partial charge in [-0.2, -0.15) is 0 Å². The van der Waals surface area contributed by atoms with Gasteiger partial charge >= 0.3 is 0 Å². The molecule has 1 heterocycles. The van der Waals surface area contributed by atoms with Gasteiger partial charge in [-0.3, -0.25) is 0 Å². The second kappa shape index (κ2) is 10.8. The standard InChI is InChI=1S/C52H31N/c1-2-14-34-31(13-1)25-26-32-29-46(37-17-4-6-18-38(37)48(32)34)50-42-22-10-8-20-40(42)49(41-21-9-11-23-43(41)50)33-27-28-45-47(30-33)53-52-44-24-12-5-16-36(44)35-15-3-7-19-39(35)51(45)52/h1-30,53H. The van der Waals surface area contributed by atoms with Crippen molar-refractivity contribution in [1.82, 2.24) is 4.98 Å². The number of nitrogens with one attached hydrogen (secondary N) is 1. The van der Waals surface area contributed by atoms with Crippen LogP contribution in [0, 0.1) is 0 Å². The van der Waals surface area contributed by atoms with E-state index in [0.717, 1.165) is 5.52 Å². The van der Waals surface area contributed by atoms with Crippen LogP contribution in [-0.4, -0.2) is 4.98 Å². The van der Waals surface area contributed by atoms with E-state index in [-0.39, 0.29) is 0 Å². The number of hydrogen-bond acceptors (Lipinski definition) is 0. The molecule has 0 atom stereocenters. The lowest BCUT2D eigenvalue weighted by Crippen LogP contribution is -1.92. The molecule has 0 aliphatic carbocycles. The molecule has 244 valence electrons. The van der Waals surface area contributed by atoms with Crippen LogP contribution in [0.25, 0.3) is 119 Å². The van der Waals surface area contributed by atoms with Crippen molar-refractivity contribution in [3.8, 4) is 22.3 Å². The van der Waals surface area contributed by atoms with Crippen molar-refractivity contribution >= 4 is 97.2 Å². The van der Waals surface area contributed by atoms with Gasteiger partial charge < -0.3 is 4.98 Å². The molecule has 0 fully saturated rings. The Morgan fingerprint density at radius 2 is 0.774 bits per heavy atom. The van der Waals surface area contributed by atoms with E-state index < -0.39 is 0 Å². The Hall–Kier alpha value is -6.96. The number of aromatic nitrogens is 1. The second-order valence-electron chi connectivity index (χ2n) is 14.4. The summed E-state index contributed by atoms with van der Waals surface area (Å²) in [6, 6.07) is 67.4. The molecule has 11 aromatic carbocycles. The first-order valence-electron chi connectivity index (χ1n) is 18.4. The molecule has 1 nitrogen and oxygen atoms in total. The van der Waals surface area contributed by atoms with Crippen molar-refractivity contribution < 1.29 is 0 Å². The SMILES string of the molecule is c1ccc2c(c1)ccc1cc(-c3c4ccccc4c(-c4ccc5c(c4)[nH]c4c6ccccc6c6ccccc6c54)c4ccccc34)c3ccccc3c12. The number of H-pyrrole nitrogens is 1. The lowest BCUT2D eigenvalue weighted by Gasteiger charge is -2.20. The maximum atomic E-state index is 3.91. The van der Waals surface area contributed by atoms with Crippen LogP contribution in [0.2, 0.25) is 0 Å². The molecule has 1 aromatic heterocycles. The summed E-state index contributed by atoms with van der Waals surface area (Å²) < 4.78 is 0. The molecule has 0 spiro atoms. The lowest BCUT2D eigenvalue weighted by molar-refractivity contribution is 1.56. The Labute approximate surface area is 305 Å². The molecule has 0 unspecified atom stereocenters. The zero-order valence-corrected chi connectivity index (χ0v) is 28.8. The Morgan fingerprint density at radius 1 is 0.283 bits per heavy atom. The van der Waals surface area contributed by atoms with Crippen LogP contribution in [0.5, 0.6) is 0 Å². The van der Waals surface area contributed by atoms with Gasteiger partial charge in [-0.05, 0) is 104 Å². The highest BCUT2D eigenvalue weighted by molar-refractivity contribution is 6.32. The number of benzene rings is 11. The van der Waals surface area contributed by atoms with E-state index in [4.69, 9.17) is 0 Å². The van der Waals surface area contributed by atoms with Crippen LogP contribution in [-0.2, 0) is 0 Å². The summed E-state index contributed by atoms with van der Waals surface area (Å²) in [6.45, 7) is 0. The van der Waals surface area contributed by atoms with Gasteiger partial charge in [-0.1, -0.05) is 170 Å². The molecular weight excluding hydrogens is 639 g/mol. The van der Waals surface area contributed by atoms with E-state index in [1.165, 1.54) is 114 Å². The van der Waals surface area contributed by atoms with Gasteiger partial charge in [0.1, 0.15) is 0 Å². The molecule has 0 saturated heterocycles. The van der Waals surface area contributed by atoms with E-state index in [9.17, 15) is 0 Å². The van der Waals surface area contributed by atoms with E-state index in [0.29, 0.717) is 0 Å². The highest BCUT2D eigenvalue weighted by Crippen LogP contribution is 2.48. The maximum absolute atomic E-state index is 3.91. The Morgan fingerprint density at radius 3 is 1.45 bits per heavy atom. The zero-order valence-electron chi connectivity index (χ0n) is 28.8. The smallest absolute Gasteiger partial charge is 0.0551 e. The third kappa shape index (κ3) is 3.97. The molecular formula is C52H31N. The van der Waals surface area contributed by atoms with Gasteiger partial charge in [0.15, 0.2) is 0 Å². The first-order valence-corrected chi connectivity index (χ1v) is 18.4. The molecule has 1 N–H and O–H groups in total. The zero-order chi connectivity index (χ0) is 34.6. The molecule has 53 heavy (non-hydrogen) atoms. The van der Waals surface area contributed by atoms with Gasteiger partial charge in [0.25, 0.3) is 0 Å². The fraction of sp³-hybridized carbons (Fsp3) is 0. The van der Waals surface area contributed by atoms with E-state index in [2.05, 4.69) is 187 Å². The Balaban J connectivity index is 1.17. The van der Waals surface area contributed by atoms with Crippen molar-refractivity contribution in [3.05, 3.63) is 182 Å². The summed E-state index contributed by atoms with van der Waals surface area (Å²) >= 11 is 0. The maximum Gasteiger partial charge on any atom is 0.0551 e. The normalized spacial score (nSPS) is 12.2. The van der Waals surface area contributed by atoms with Crippen molar-refractivity contribution in [2.75, 3.05) is 0 Å². The molecule has 0 radical (unpaired) electrons. The highest BCUT2D eigenvalue weighted by atomic mass is 14.7. The molecule has 0 amide bonds. The van der Waals surface area contributed by atoms with Crippen LogP contribution in [0.15, 0.2) is 182 Å². The van der Waals surface area contributed by atoms with Crippen molar-refractivity contribution in [1.29, 1.82) is 0 Å². The largest absolute Gasteiger partial charge is 0.354 e. The molecule has 12 aromatic rings. The quantitative estimate of drug-likeness (QED) is 0.139. The first-order chi connectivity index (χ1) is 26.3. The first kappa shape index (κ1) is 28.7. The molecule has 12 rings (SSSR count). The fourth-order valence-corrected chi connectivity index (χ4v) is 9.52. The number of hydrogen-bond donors (Lipinski definition) is 1. The van der Waals surface area contributed by atoms with Gasteiger partial charge in [-0.25, -0.2) is 0 Å². The van der Waals surface area contributed by atoms with Gasteiger partial charge in [0.2, 0.25) is 0 Å². The second-order valence-corrected chi connectivity index (χ2v) is 14.4. The fourth-order valence-electron chi connectivity index (χ4n) is 9.52. The minimum Gasteiger partial charge on any atom is -0.354 e. The predicted octanol–water partition coefficient (Wildman–Crippen LogP) is 14.7. The monoisotopic (exact) mass is 669 g/mol. The molecule has 1 heteroatoms. The molecule has 0 bridgehead atoms. The minimum atomic E-state index is 1.16. The third-order valence-electron chi connectivity index (χ3n) is 11.7. The van der Waals surface area contributed by atoms with Gasteiger partial charge in [-0.15, -0.1) is 0 Å².